The monoisotopic (exact) mass is 309 g/mol. The van der Waals surface area contributed by atoms with Crippen LogP contribution in [-0.2, 0) is 4.79 Å². The molecule has 22 heavy (non-hydrogen) atoms. The van der Waals surface area contributed by atoms with Gasteiger partial charge in [-0.25, -0.2) is 13.5 Å². The van der Waals surface area contributed by atoms with Crippen molar-refractivity contribution in [1.82, 2.24) is 9.78 Å². The highest BCUT2D eigenvalue weighted by Crippen LogP contribution is 2.18. The van der Waals surface area contributed by atoms with E-state index in [9.17, 15) is 13.6 Å². The number of anilines is 1. The Bertz CT molecular complexity index is 658. The molecule has 118 valence electrons. The van der Waals surface area contributed by atoms with Crippen molar-refractivity contribution in [2.45, 2.75) is 26.3 Å². The lowest BCUT2D eigenvalue weighted by atomic mass is 10.3. The van der Waals surface area contributed by atoms with Crippen molar-refractivity contribution in [3.8, 4) is 5.75 Å². The smallest absolute Gasteiger partial charge is 0.263 e. The van der Waals surface area contributed by atoms with E-state index >= 15 is 0 Å². The molecule has 2 rings (SSSR count). The van der Waals surface area contributed by atoms with Crippen molar-refractivity contribution in [2.75, 3.05) is 11.9 Å². The summed E-state index contributed by atoms with van der Waals surface area (Å²) in [6.07, 6.45) is 2.45. The normalized spacial score (nSPS) is 12.0. The van der Waals surface area contributed by atoms with Crippen LogP contribution in [0.3, 0.4) is 0 Å². The predicted octanol–water partition coefficient (Wildman–Crippen LogP) is 3.15. The molecule has 1 heterocycles. The fraction of sp³-hybridized carbons (Fsp3) is 0.333. The molecule has 0 aliphatic carbocycles. The van der Waals surface area contributed by atoms with Gasteiger partial charge in [-0.1, -0.05) is 6.92 Å². The Morgan fingerprint density at radius 2 is 2.18 bits per heavy atom. The SMILES string of the molecule is CCC(C)n1nccc1NC(=O)COc1ccc(F)cc1F. The lowest BCUT2D eigenvalue weighted by Crippen LogP contribution is -2.23. The molecule has 1 amide bonds. The number of aromatic nitrogens is 2. The molecule has 1 aromatic heterocycles. The van der Waals surface area contributed by atoms with E-state index in [-0.39, 0.29) is 18.4 Å². The molecule has 2 aromatic rings. The number of amides is 1. The molecule has 5 nitrogen and oxygen atoms in total. The largest absolute Gasteiger partial charge is 0.481 e. The van der Waals surface area contributed by atoms with E-state index in [1.54, 1.807) is 16.9 Å². The van der Waals surface area contributed by atoms with Crippen LogP contribution in [0.5, 0.6) is 5.75 Å². The average molecular weight is 309 g/mol. The van der Waals surface area contributed by atoms with Gasteiger partial charge in [0.05, 0.1) is 12.2 Å². The zero-order chi connectivity index (χ0) is 16.1. The maximum atomic E-state index is 13.4. The number of halogens is 2. The zero-order valence-corrected chi connectivity index (χ0v) is 12.3. The molecular weight excluding hydrogens is 292 g/mol. The van der Waals surface area contributed by atoms with E-state index in [1.807, 2.05) is 13.8 Å². The summed E-state index contributed by atoms with van der Waals surface area (Å²) < 4.78 is 32.9. The van der Waals surface area contributed by atoms with Crippen LogP contribution in [0, 0.1) is 11.6 Å². The molecule has 1 atom stereocenters. The van der Waals surface area contributed by atoms with Crippen molar-refractivity contribution >= 4 is 11.7 Å². The van der Waals surface area contributed by atoms with Crippen LogP contribution in [0.15, 0.2) is 30.5 Å². The van der Waals surface area contributed by atoms with Crippen LogP contribution < -0.4 is 10.1 Å². The Kier molecular flexibility index (Phi) is 5.08. The molecule has 0 aliphatic heterocycles. The number of nitrogens with zero attached hydrogens (tertiary/aromatic N) is 2. The van der Waals surface area contributed by atoms with Crippen molar-refractivity contribution in [2.24, 2.45) is 0 Å². The van der Waals surface area contributed by atoms with Crippen molar-refractivity contribution in [3.63, 3.8) is 0 Å². The summed E-state index contributed by atoms with van der Waals surface area (Å²) in [5.41, 5.74) is 0. The van der Waals surface area contributed by atoms with Crippen LogP contribution in [0.1, 0.15) is 26.3 Å². The first-order valence-corrected chi connectivity index (χ1v) is 6.92. The molecular formula is C15H17F2N3O2. The molecule has 0 bridgehead atoms. The number of hydrogen-bond donors (Lipinski definition) is 1. The van der Waals surface area contributed by atoms with Gasteiger partial charge in [-0.15, -0.1) is 0 Å². The topological polar surface area (TPSA) is 56.2 Å². The second-order valence-corrected chi connectivity index (χ2v) is 4.83. The van der Waals surface area contributed by atoms with Crippen LogP contribution in [0.2, 0.25) is 0 Å². The van der Waals surface area contributed by atoms with Gasteiger partial charge in [0.15, 0.2) is 18.2 Å². The third-order valence-electron chi connectivity index (χ3n) is 3.20. The van der Waals surface area contributed by atoms with Crippen molar-refractivity contribution in [3.05, 3.63) is 42.1 Å². The van der Waals surface area contributed by atoms with Gasteiger partial charge in [-0.2, -0.15) is 5.10 Å². The molecule has 1 N–H and O–H groups in total. The standard InChI is InChI=1S/C15H17F2N3O2/c1-3-10(2)20-14(6-7-18-20)19-15(21)9-22-13-5-4-11(16)8-12(13)17/h4-8,10H,3,9H2,1-2H3,(H,19,21). The van der Waals surface area contributed by atoms with Crippen LogP contribution in [0.4, 0.5) is 14.6 Å². The van der Waals surface area contributed by atoms with Gasteiger partial charge in [-0.05, 0) is 25.5 Å². The molecule has 1 aromatic carbocycles. The lowest BCUT2D eigenvalue weighted by Gasteiger charge is -2.14. The molecule has 0 radical (unpaired) electrons. The number of nitrogens with one attached hydrogen (secondary N) is 1. The maximum absolute atomic E-state index is 13.4. The van der Waals surface area contributed by atoms with Gasteiger partial charge >= 0.3 is 0 Å². The number of benzene rings is 1. The van der Waals surface area contributed by atoms with Gasteiger partial charge in [0, 0.05) is 12.1 Å². The molecule has 0 saturated heterocycles. The van der Waals surface area contributed by atoms with E-state index in [2.05, 4.69) is 10.4 Å². The first-order valence-electron chi connectivity index (χ1n) is 6.92. The van der Waals surface area contributed by atoms with Gasteiger partial charge in [0.1, 0.15) is 11.6 Å². The van der Waals surface area contributed by atoms with Gasteiger partial charge in [-0.3, -0.25) is 4.79 Å². The van der Waals surface area contributed by atoms with Gasteiger partial charge < -0.3 is 10.1 Å². The maximum Gasteiger partial charge on any atom is 0.263 e. The minimum atomic E-state index is -0.850. The summed E-state index contributed by atoms with van der Waals surface area (Å²) in [6, 6.07) is 4.71. The Labute approximate surface area is 126 Å². The Hall–Kier alpha value is -2.44. The number of rotatable bonds is 6. The summed E-state index contributed by atoms with van der Waals surface area (Å²) in [4.78, 5) is 11.9. The third-order valence-corrected chi connectivity index (χ3v) is 3.20. The lowest BCUT2D eigenvalue weighted by molar-refractivity contribution is -0.118. The second-order valence-electron chi connectivity index (χ2n) is 4.83. The van der Waals surface area contributed by atoms with Crippen LogP contribution in [-0.4, -0.2) is 22.3 Å². The highest BCUT2D eigenvalue weighted by atomic mass is 19.1. The van der Waals surface area contributed by atoms with Crippen molar-refractivity contribution in [1.29, 1.82) is 0 Å². The Morgan fingerprint density at radius 3 is 2.86 bits per heavy atom. The summed E-state index contributed by atoms with van der Waals surface area (Å²) in [5.74, 6) is -1.63. The summed E-state index contributed by atoms with van der Waals surface area (Å²) in [7, 11) is 0. The molecule has 0 saturated carbocycles. The van der Waals surface area contributed by atoms with Crippen molar-refractivity contribution < 1.29 is 18.3 Å². The summed E-state index contributed by atoms with van der Waals surface area (Å²) >= 11 is 0. The first kappa shape index (κ1) is 15.9. The van der Waals surface area contributed by atoms with Crippen LogP contribution in [0.25, 0.3) is 0 Å². The zero-order valence-electron chi connectivity index (χ0n) is 12.3. The van der Waals surface area contributed by atoms with Gasteiger partial charge in [0.2, 0.25) is 0 Å². The van der Waals surface area contributed by atoms with E-state index in [0.29, 0.717) is 11.9 Å². The Morgan fingerprint density at radius 1 is 1.41 bits per heavy atom. The summed E-state index contributed by atoms with van der Waals surface area (Å²) in [5, 5.41) is 6.79. The molecule has 0 aliphatic rings. The quantitative estimate of drug-likeness (QED) is 0.892. The minimum Gasteiger partial charge on any atom is -0.481 e. The van der Waals surface area contributed by atoms with E-state index in [0.717, 1.165) is 18.6 Å². The Balaban J connectivity index is 1.95. The number of hydrogen-bond acceptors (Lipinski definition) is 3. The van der Waals surface area contributed by atoms with E-state index < -0.39 is 17.5 Å². The average Bonchev–Trinajstić information content (AvgIpc) is 2.93. The third kappa shape index (κ3) is 3.81. The fourth-order valence-electron chi connectivity index (χ4n) is 1.85. The molecule has 0 spiro atoms. The first-order chi connectivity index (χ1) is 10.5. The molecule has 7 heteroatoms. The predicted molar refractivity (Wildman–Crippen MR) is 77.7 cm³/mol. The molecule has 0 fully saturated rings. The number of carbonyl (C=O) groups excluding carboxylic acids is 1. The number of ether oxygens (including phenoxy) is 1. The van der Waals surface area contributed by atoms with Crippen LogP contribution >= 0.6 is 0 Å². The second kappa shape index (κ2) is 7.02. The highest BCUT2D eigenvalue weighted by molar-refractivity contribution is 5.91. The van der Waals surface area contributed by atoms with E-state index in [4.69, 9.17) is 4.74 Å². The highest BCUT2D eigenvalue weighted by Gasteiger charge is 2.12. The number of carbonyl (C=O) groups is 1. The fourth-order valence-corrected chi connectivity index (χ4v) is 1.85. The minimum absolute atomic E-state index is 0.140. The molecule has 1 unspecified atom stereocenters. The van der Waals surface area contributed by atoms with E-state index in [1.165, 1.54) is 0 Å². The summed E-state index contributed by atoms with van der Waals surface area (Å²) in [6.45, 7) is 3.61. The van der Waals surface area contributed by atoms with Gasteiger partial charge in [0.25, 0.3) is 5.91 Å².